The summed E-state index contributed by atoms with van der Waals surface area (Å²) in [5.74, 6) is -0.208. The molecular weight excluding hydrogens is 227 g/mol. The molecule has 0 aromatic heterocycles. The van der Waals surface area contributed by atoms with E-state index in [1.807, 2.05) is 0 Å². The molecule has 0 heterocycles. The highest BCUT2D eigenvalue weighted by molar-refractivity contribution is 8.15. The van der Waals surface area contributed by atoms with Crippen molar-refractivity contribution in [1.29, 1.82) is 0 Å². The van der Waals surface area contributed by atoms with E-state index in [1.54, 1.807) is 0 Å². The Morgan fingerprint density at radius 1 is 1.40 bits per heavy atom. The van der Waals surface area contributed by atoms with E-state index in [9.17, 15) is 13.2 Å². The largest absolute Gasteiger partial charge is 0.506 e. The first-order chi connectivity index (χ1) is 6.86. The molecule has 0 radical (unpaired) electrons. The van der Waals surface area contributed by atoms with Gasteiger partial charge in [0.25, 0.3) is 0 Å². The van der Waals surface area contributed by atoms with E-state index in [1.165, 1.54) is 19.1 Å². The Morgan fingerprint density at radius 3 is 2.40 bits per heavy atom. The Balaban J connectivity index is 3.21. The van der Waals surface area contributed by atoms with E-state index < -0.39 is 16.0 Å². The van der Waals surface area contributed by atoms with Crippen LogP contribution in [0.2, 0.25) is 0 Å². The minimum atomic E-state index is -4.31. The molecule has 3 N–H and O–H groups in total. The number of halogens is 3. The number of benzene rings is 1. The molecule has 0 fully saturated rings. The fraction of sp³-hybridized carbons (Fsp3) is 0.222. The lowest BCUT2D eigenvalue weighted by atomic mass is 10.3. The van der Waals surface area contributed by atoms with Crippen molar-refractivity contribution in [2.45, 2.75) is 17.3 Å². The first-order valence-electron chi connectivity index (χ1n) is 4.04. The zero-order chi connectivity index (χ0) is 11.6. The van der Waals surface area contributed by atoms with Gasteiger partial charge in [-0.15, -0.1) is 0 Å². The smallest absolute Gasteiger partial charge is 0.440 e. The van der Waals surface area contributed by atoms with Gasteiger partial charge in [0.1, 0.15) is 5.75 Å². The molecule has 1 aromatic rings. The van der Waals surface area contributed by atoms with Crippen molar-refractivity contribution in [3.63, 3.8) is 0 Å². The van der Waals surface area contributed by atoms with Gasteiger partial charge in [-0.3, -0.25) is 0 Å². The first-order valence-corrected chi connectivity index (χ1v) is 5.33. The van der Waals surface area contributed by atoms with Gasteiger partial charge in [0.2, 0.25) is 0 Å². The van der Waals surface area contributed by atoms with Crippen LogP contribution in [0.5, 0.6) is 5.75 Å². The molecule has 1 unspecified atom stereocenters. The quantitative estimate of drug-likeness (QED) is 0.448. The van der Waals surface area contributed by atoms with Gasteiger partial charge in [0.15, 0.2) is 0 Å². The second kappa shape index (κ2) is 4.14. The maximum atomic E-state index is 12.5. The molecule has 0 aliphatic rings. The third-order valence-electron chi connectivity index (χ3n) is 1.74. The summed E-state index contributed by atoms with van der Waals surface area (Å²) < 4.78 is 37.5. The fourth-order valence-electron chi connectivity index (χ4n) is 1.07. The third-order valence-corrected chi connectivity index (χ3v) is 3.47. The van der Waals surface area contributed by atoms with Crippen LogP contribution in [0.25, 0.3) is 0 Å². The van der Waals surface area contributed by atoms with Crippen LogP contribution in [0.4, 0.5) is 18.9 Å². The van der Waals surface area contributed by atoms with E-state index in [4.69, 9.17) is 10.8 Å². The summed E-state index contributed by atoms with van der Waals surface area (Å²) in [6, 6.07) is 3.54. The number of hydrogen-bond donors (Lipinski definition) is 2. The van der Waals surface area contributed by atoms with E-state index in [-0.39, 0.29) is 16.3 Å². The molecule has 0 aliphatic heterocycles. The van der Waals surface area contributed by atoms with Crippen molar-refractivity contribution in [1.82, 2.24) is 0 Å². The second-order valence-corrected chi connectivity index (χ2v) is 4.82. The average Bonchev–Trinajstić information content (AvgIpc) is 2.10. The van der Waals surface area contributed by atoms with Gasteiger partial charge in [-0.1, -0.05) is 15.9 Å². The Hall–Kier alpha value is -1.17. The van der Waals surface area contributed by atoms with Gasteiger partial charge < -0.3 is 10.8 Å². The highest BCUT2D eigenvalue weighted by atomic mass is 32.2. The van der Waals surface area contributed by atoms with Crippen molar-refractivity contribution < 1.29 is 18.3 Å². The summed E-state index contributed by atoms with van der Waals surface area (Å²) in [7, 11) is -1.95. The minimum absolute atomic E-state index is 0.0453. The monoisotopic (exact) mass is 237 g/mol. The van der Waals surface area contributed by atoms with Crippen LogP contribution < -0.4 is 5.73 Å². The van der Waals surface area contributed by atoms with E-state index in [0.29, 0.717) is 0 Å². The highest BCUT2D eigenvalue weighted by Gasteiger charge is 2.33. The van der Waals surface area contributed by atoms with Gasteiger partial charge in [-0.2, -0.15) is 13.2 Å². The fourth-order valence-corrected chi connectivity index (χ4v) is 2.35. The molecule has 1 atom stereocenters. The number of nitrogens with two attached hydrogens (primary N) is 1. The normalized spacial score (nSPS) is 14.1. The SMILES string of the molecule is C/C=S(\c1ccc(O)c(N)c1)C(F)(F)F. The topological polar surface area (TPSA) is 46.2 Å². The van der Waals surface area contributed by atoms with Gasteiger partial charge >= 0.3 is 5.51 Å². The Morgan fingerprint density at radius 2 is 2.00 bits per heavy atom. The Bertz CT molecular complexity index is 401. The lowest BCUT2D eigenvalue weighted by Gasteiger charge is -2.13. The standard InChI is InChI=1S/C9H10F3NOS/c1-2-15(9(10,11)12)6-3-4-8(14)7(13)5-6/h2-5,14H,13H2,1H3. The summed E-state index contributed by atoms with van der Waals surface area (Å²) in [6.45, 7) is 1.35. The molecule has 1 rings (SSSR count). The summed E-state index contributed by atoms with van der Waals surface area (Å²) in [6.07, 6.45) is 0. The highest BCUT2D eigenvalue weighted by Crippen LogP contribution is 2.44. The number of nitrogen functional groups attached to an aromatic ring is 1. The summed E-state index contributed by atoms with van der Waals surface area (Å²) in [5, 5.41) is 10.2. The number of anilines is 1. The van der Waals surface area contributed by atoms with E-state index in [0.717, 1.165) is 11.4 Å². The summed E-state index contributed by atoms with van der Waals surface area (Å²) in [5.41, 5.74) is 0.977. The van der Waals surface area contributed by atoms with Crippen LogP contribution in [0.3, 0.4) is 0 Å². The molecule has 1 aromatic carbocycles. The molecule has 0 aliphatic carbocycles. The number of phenolic OH excluding ortho intramolecular Hbond substituents is 1. The van der Waals surface area contributed by atoms with Gasteiger partial charge in [-0.25, -0.2) is 0 Å². The van der Waals surface area contributed by atoms with Gasteiger partial charge in [0, 0.05) is 4.90 Å². The minimum Gasteiger partial charge on any atom is -0.506 e. The van der Waals surface area contributed by atoms with Gasteiger partial charge in [-0.05, 0) is 25.1 Å². The van der Waals surface area contributed by atoms with Gasteiger partial charge in [0.05, 0.1) is 5.69 Å². The maximum absolute atomic E-state index is 12.5. The van der Waals surface area contributed by atoms with Crippen molar-refractivity contribution in [3.05, 3.63) is 18.2 Å². The predicted octanol–water partition coefficient (Wildman–Crippen LogP) is 2.94. The number of rotatable bonds is 1. The number of hydrogen-bond acceptors (Lipinski definition) is 2. The number of alkyl halides is 3. The molecule has 0 saturated heterocycles. The van der Waals surface area contributed by atoms with Crippen molar-refractivity contribution in [3.8, 4) is 5.75 Å². The van der Waals surface area contributed by atoms with Crippen LogP contribution in [0.15, 0.2) is 23.1 Å². The van der Waals surface area contributed by atoms with E-state index in [2.05, 4.69) is 0 Å². The number of phenols is 1. The zero-order valence-electron chi connectivity index (χ0n) is 7.88. The molecule has 2 nitrogen and oxygen atoms in total. The molecule has 15 heavy (non-hydrogen) atoms. The third kappa shape index (κ3) is 2.65. The Labute approximate surface area is 87.5 Å². The molecule has 0 bridgehead atoms. The lowest BCUT2D eigenvalue weighted by molar-refractivity contribution is -0.0334. The van der Waals surface area contributed by atoms with Crippen LogP contribution in [0.1, 0.15) is 6.92 Å². The van der Waals surface area contributed by atoms with Crippen molar-refractivity contribution >= 4 is 21.5 Å². The maximum Gasteiger partial charge on any atom is 0.440 e. The van der Waals surface area contributed by atoms with Crippen LogP contribution in [-0.2, 0) is 0 Å². The molecule has 0 spiro atoms. The molecule has 0 amide bonds. The predicted molar refractivity (Wildman–Crippen MR) is 56.2 cm³/mol. The van der Waals surface area contributed by atoms with Crippen molar-refractivity contribution in [2.75, 3.05) is 5.73 Å². The van der Waals surface area contributed by atoms with E-state index >= 15 is 0 Å². The van der Waals surface area contributed by atoms with Crippen molar-refractivity contribution in [2.24, 2.45) is 0 Å². The zero-order valence-corrected chi connectivity index (χ0v) is 8.69. The Kier molecular flexibility index (Phi) is 3.28. The molecule has 0 saturated carbocycles. The van der Waals surface area contributed by atoms with Crippen LogP contribution >= 0.6 is 10.5 Å². The van der Waals surface area contributed by atoms with Crippen LogP contribution in [0, 0.1) is 0 Å². The second-order valence-electron chi connectivity index (χ2n) is 2.74. The molecule has 6 heteroatoms. The summed E-state index contributed by atoms with van der Waals surface area (Å²) >= 11 is 0. The van der Waals surface area contributed by atoms with Crippen LogP contribution in [-0.4, -0.2) is 16.0 Å². The number of aromatic hydroxyl groups is 1. The molecule has 84 valence electrons. The average molecular weight is 237 g/mol. The lowest BCUT2D eigenvalue weighted by Crippen LogP contribution is -2.04. The molecular formula is C9H10F3NOS. The first kappa shape index (κ1) is 11.9. The summed E-state index contributed by atoms with van der Waals surface area (Å²) in [4.78, 5) is 0.0558.